The van der Waals surface area contributed by atoms with E-state index < -0.39 is 0 Å². The molecular weight excluding hydrogens is 310 g/mol. The number of pyridine rings is 1. The van der Waals surface area contributed by atoms with Crippen molar-refractivity contribution >= 4 is 22.0 Å². The van der Waals surface area contributed by atoms with Gasteiger partial charge < -0.3 is 15.0 Å². The first-order valence-electron chi connectivity index (χ1n) is 6.19. The van der Waals surface area contributed by atoms with Gasteiger partial charge in [-0.15, -0.1) is 0 Å². The van der Waals surface area contributed by atoms with Gasteiger partial charge in [0.2, 0.25) is 5.88 Å². The first-order chi connectivity index (χ1) is 8.85. The molecule has 6 heteroatoms. The fourth-order valence-corrected chi connectivity index (χ4v) is 2.04. The number of carbonyl (C=O) groups excluding carboxylic acids is 1. The molecule has 0 aromatic carbocycles. The smallest absolute Gasteiger partial charge is 0.318 e. The van der Waals surface area contributed by atoms with Crippen LogP contribution in [0.2, 0.25) is 0 Å². The molecule has 0 bridgehead atoms. The van der Waals surface area contributed by atoms with E-state index in [9.17, 15) is 4.79 Å². The fraction of sp³-hybridized carbons (Fsp3) is 0.538. The van der Waals surface area contributed by atoms with Gasteiger partial charge in [0.05, 0.1) is 17.6 Å². The van der Waals surface area contributed by atoms with E-state index in [1.165, 1.54) is 0 Å². The van der Waals surface area contributed by atoms with E-state index in [1.807, 2.05) is 32.9 Å². The van der Waals surface area contributed by atoms with Crippen LogP contribution in [0.4, 0.5) is 4.79 Å². The quantitative estimate of drug-likeness (QED) is 0.907. The van der Waals surface area contributed by atoms with Crippen molar-refractivity contribution in [1.29, 1.82) is 0 Å². The van der Waals surface area contributed by atoms with Gasteiger partial charge in [0.1, 0.15) is 6.10 Å². The van der Waals surface area contributed by atoms with Crippen LogP contribution in [-0.4, -0.2) is 40.6 Å². The van der Waals surface area contributed by atoms with Gasteiger partial charge >= 0.3 is 6.03 Å². The molecule has 104 valence electrons. The van der Waals surface area contributed by atoms with Gasteiger partial charge in [-0.3, -0.25) is 0 Å². The lowest BCUT2D eigenvalue weighted by Crippen LogP contribution is -2.61. The lowest BCUT2D eigenvalue weighted by atomic mass is 10.1. The summed E-state index contributed by atoms with van der Waals surface area (Å²) in [6.45, 7) is 7.06. The molecule has 0 aliphatic carbocycles. The van der Waals surface area contributed by atoms with E-state index in [0.29, 0.717) is 19.0 Å². The summed E-state index contributed by atoms with van der Waals surface area (Å²) in [6.07, 6.45) is 1.69. The maximum atomic E-state index is 11.8. The van der Waals surface area contributed by atoms with Crippen LogP contribution in [0.15, 0.2) is 22.8 Å². The third-order valence-electron chi connectivity index (χ3n) is 2.62. The van der Waals surface area contributed by atoms with Gasteiger partial charge in [-0.2, -0.15) is 0 Å². The molecule has 1 fully saturated rings. The minimum absolute atomic E-state index is 0.0110. The Labute approximate surface area is 121 Å². The largest absolute Gasteiger partial charge is 0.470 e. The van der Waals surface area contributed by atoms with Crippen LogP contribution in [-0.2, 0) is 0 Å². The van der Waals surface area contributed by atoms with Crippen molar-refractivity contribution in [3.05, 3.63) is 22.8 Å². The van der Waals surface area contributed by atoms with Gasteiger partial charge in [-0.05, 0) is 48.8 Å². The minimum Gasteiger partial charge on any atom is -0.470 e. The number of nitrogens with one attached hydrogen (secondary N) is 1. The van der Waals surface area contributed by atoms with Crippen LogP contribution in [0.1, 0.15) is 20.8 Å². The molecule has 0 unspecified atom stereocenters. The molecule has 0 saturated carbocycles. The SMILES string of the molecule is CC(C)(C)NC(=O)N1CC(Oc2ncccc2Br)C1. The lowest BCUT2D eigenvalue weighted by Gasteiger charge is -2.40. The van der Waals surface area contributed by atoms with E-state index >= 15 is 0 Å². The van der Waals surface area contributed by atoms with Crippen LogP contribution >= 0.6 is 15.9 Å². The predicted molar refractivity (Wildman–Crippen MR) is 76.2 cm³/mol. The fourth-order valence-electron chi connectivity index (χ4n) is 1.69. The topological polar surface area (TPSA) is 54.5 Å². The highest BCUT2D eigenvalue weighted by atomic mass is 79.9. The maximum absolute atomic E-state index is 11.8. The number of likely N-dealkylation sites (tertiary alicyclic amines) is 1. The summed E-state index contributed by atoms with van der Waals surface area (Å²) in [5.41, 5.74) is -0.215. The van der Waals surface area contributed by atoms with Crippen LogP contribution in [0.25, 0.3) is 0 Å². The first-order valence-corrected chi connectivity index (χ1v) is 6.99. The second-order valence-electron chi connectivity index (χ2n) is 5.62. The van der Waals surface area contributed by atoms with Crippen molar-refractivity contribution in [3.63, 3.8) is 0 Å². The normalized spacial score (nSPS) is 15.9. The van der Waals surface area contributed by atoms with Crippen LogP contribution in [0, 0.1) is 0 Å². The monoisotopic (exact) mass is 327 g/mol. The second-order valence-corrected chi connectivity index (χ2v) is 6.47. The highest BCUT2D eigenvalue weighted by Gasteiger charge is 2.34. The zero-order valence-electron chi connectivity index (χ0n) is 11.3. The van der Waals surface area contributed by atoms with Crippen molar-refractivity contribution in [1.82, 2.24) is 15.2 Å². The van der Waals surface area contributed by atoms with E-state index in [2.05, 4.69) is 26.2 Å². The summed E-state index contributed by atoms with van der Waals surface area (Å²) in [4.78, 5) is 17.7. The van der Waals surface area contributed by atoms with Gasteiger partial charge in [0.15, 0.2) is 0 Å². The van der Waals surface area contributed by atoms with Crippen molar-refractivity contribution in [2.24, 2.45) is 0 Å². The Morgan fingerprint density at radius 2 is 2.21 bits per heavy atom. The molecule has 5 nitrogen and oxygen atoms in total. The Hall–Kier alpha value is -1.30. The van der Waals surface area contributed by atoms with Gasteiger partial charge in [0.25, 0.3) is 0 Å². The third-order valence-corrected chi connectivity index (χ3v) is 3.22. The lowest BCUT2D eigenvalue weighted by molar-refractivity contribution is 0.0388. The van der Waals surface area contributed by atoms with E-state index in [-0.39, 0.29) is 17.7 Å². The summed E-state index contributed by atoms with van der Waals surface area (Å²) in [5.74, 6) is 0.573. The van der Waals surface area contributed by atoms with Crippen LogP contribution in [0.3, 0.4) is 0 Å². The molecule has 0 atom stereocenters. The minimum atomic E-state index is -0.215. The summed E-state index contributed by atoms with van der Waals surface area (Å²) in [7, 11) is 0. The average molecular weight is 328 g/mol. The van der Waals surface area contributed by atoms with E-state index in [0.717, 1.165) is 4.47 Å². The van der Waals surface area contributed by atoms with Gasteiger partial charge in [-0.1, -0.05) is 0 Å². The summed E-state index contributed by atoms with van der Waals surface area (Å²) < 4.78 is 6.54. The zero-order chi connectivity index (χ0) is 14.0. The molecule has 1 aromatic rings. The number of nitrogens with zero attached hydrogens (tertiary/aromatic N) is 2. The van der Waals surface area contributed by atoms with Crippen LogP contribution < -0.4 is 10.1 Å². The van der Waals surface area contributed by atoms with E-state index in [4.69, 9.17) is 4.74 Å². The number of rotatable bonds is 2. The number of halogens is 1. The predicted octanol–water partition coefficient (Wildman–Crippen LogP) is 2.42. The molecule has 1 saturated heterocycles. The van der Waals surface area contributed by atoms with Gasteiger partial charge in [-0.25, -0.2) is 9.78 Å². The summed E-state index contributed by atoms with van der Waals surface area (Å²) >= 11 is 3.38. The zero-order valence-corrected chi connectivity index (χ0v) is 12.9. The molecule has 2 amide bonds. The number of amides is 2. The number of ether oxygens (including phenoxy) is 1. The molecule has 1 aliphatic heterocycles. The number of hydrogen-bond donors (Lipinski definition) is 1. The van der Waals surface area contributed by atoms with Crippen LogP contribution in [0.5, 0.6) is 5.88 Å². The first kappa shape index (κ1) is 14.1. The highest BCUT2D eigenvalue weighted by Crippen LogP contribution is 2.24. The van der Waals surface area contributed by atoms with Crippen molar-refractivity contribution in [3.8, 4) is 5.88 Å². The van der Waals surface area contributed by atoms with Gasteiger partial charge in [0, 0.05) is 11.7 Å². The van der Waals surface area contributed by atoms with Crippen molar-refractivity contribution < 1.29 is 9.53 Å². The van der Waals surface area contributed by atoms with Crippen molar-refractivity contribution in [2.75, 3.05) is 13.1 Å². The number of hydrogen-bond acceptors (Lipinski definition) is 3. The maximum Gasteiger partial charge on any atom is 0.318 e. The number of aromatic nitrogens is 1. The highest BCUT2D eigenvalue weighted by molar-refractivity contribution is 9.10. The molecule has 1 aliphatic rings. The standard InChI is InChI=1S/C13H18BrN3O2/c1-13(2,3)16-12(18)17-7-9(8-17)19-11-10(14)5-4-6-15-11/h4-6,9H,7-8H2,1-3H3,(H,16,18). The third kappa shape index (κ3) is 3.83. The molecule has 0 radical (unpaired) electrons. The Balaban J connectivity index is 1.81. The molecule has 0 spiro atoms. The molecule has 1 N–H and O–H groups in total. The Bertz CT molecular complexity index is 467. The van der Waals surface area contributed by atoms with Crippen molar-refractivity contribution in [2.45, 2.75) is 32.4 Å². The summed E-state index contributed by atoms with van der Waals surface area (Å²) in [6, 6.07) is 3.67. The Kier molecular flexibility index (Phi) is 3.99. The van der Waals surface area contributed by atoms with E-state index in [1.54, 1.807) is 11.1 Å². The average Bonchev–Trinajstić information content (AvgIpc) is 2.22. The Morgan fingerprint density at radius 1 is 1.53 bits per heavy atom. The molecule has 1 aromatic heterocycles. The number of carbonyl (C=O) groups is 1. The summed E-state index contributed by atoms with van der Waals surface area (Å²) in [5, 5.41) is 2.92. The molecular formula is C13H18BrN3O2. The molecule has 19 heavy (non-hydrogen) atoms. The molecule has 2 rings (SSSR count). The molecule has 2 heterocycles. The second kappa shape index (κ2) is 5.36. The number of urea groups is 1. The Morgan fingerprint density at radius 3 is 2.79 bits per heavy atom.